The SMILES string of the molecule is COc1ccnc(NNC(=O)c2nc(-c3cccs3)n(-c3ccc(F)cc3)n2)n1. The van der Waals surface area contributed by atoms with Crippen molar-refractivity contribution >= 4 is 23.2 Å². The topological polar surface area (TPSA) is 107 Å². The van der Waals surface area contributed by atoms with Crippen molar-refractivity contribution in [1.29, 1.82) is 0 Å². The summed E-state index contributed by atoms with van der Waals surface area (Å²) < 4.78 is 19.8. The summed E-state index contributed by atoms with van der Waals surface area (Å²) in [5, 5.41) is 6.17. The van der Waals surface area contributed by atoms with E-state index in [1.54, 1.807) is 18.2 Å². The van der Waals surface area contributed by atoms with E-state index in [1.165, 1.54) is 41.5 Å². The highest BCUT2D eigenvalue weighted by molar-refractivity contribution is 7.13. The van der Waals surface area contributed by atoms with E-state index >= 15 is 0 Å². The van der Waals surface area contributed by atoms with Crippen molar-refractivity contribution in [2.24, 2.45) is 0 Å². The second kappa shape index (κ2) is 8.02. The number of nitrogens with zero attached hydrogens (tertiary/aromatic N) is 5. The van der Waals surface area contributed by atoms with Crippen LogP contribution in [0.15, 0.2) is 54.0 Å². The molecule has 0 spiro atoms. The van der Waals surface area contributed by atoms with Crippen LogP contribution in [0.4, 0.5) is 10.3 Å². The molecule has 0 aliphatic rings. The van der Waals surface area contributed by atoms with Gasteiger partial charge in [0.25, 0.3) is 0 Å². The molecule has 3 aromatic heterocycles. The van der Waals surface area contributed by atoms with Gasteiger partial charge in [-0.1, -0.05) is 6.07 Å². The van der Waals surface area contributed by atoms with Crippen LogP contribution >= 0.6 is 11.3 Å². The van der Waals surface area contributed by atoms with Crippen LogP contribution in [0, 0.1) is 5.82 Å². The number of amides is 1. The summed E-state index contributed by atoms with van der Waals surface area (Å²) in [5.74, 6) is -0.0748. The lowest BCUT2D eigenvalue weighted by Crippen LogP contribution is -2.31. The minimum absolute atomic E-state index is 0.0758. The van der Waals surface area contributed by atoms with Crippen LogP contribution in [0.25, 0.3) is 16.4 Å². The summed E-state index contributed by atoms with van der Waals surface area (Å²) in [4.78, 5) is 25.7. The van der Waals surface area contributed by atoms with Crippen LogP contribution in [0.3, 0.4) is 0 Å². The number of aromatic nitrogens is 5. The zero-order chi connectivity index (χ0) is 20.2. The summed E-state index contributed by atoms with van der Waals surface area (Å²) in [6, 6.07) is 11.1. The van der Waals surface area contributed by atoms with Crippen LogP contribution < -0.4 is 15.6 Å². The molecule has 3 heterocycles. The number of anilines is 1. The Bertz CT molecular complexity index is 1130. The van der Waals surface area contributed by atoms with Crippen LogP contribution in [0.5, 0.6) is 5.88 Å². The largest absolute Gasteiger partial charge is 0.481 e. The summed E-state index contributed by atoms with van der Waals surface area (Å²) >= 11 is 1.45. The van der Waals surface area contributed by atoms with Gasteiger partial charge in [-0.15, -0.1) is 16.4 Å². The number of nitrogens with one attached hydrogen (secondary N) is 2. The number of hydrazine groups is 1. The molecule has 4 aromatic rings. The molecular formula is C18H14FN7O2S. The van der Waals surface area contributed by atoms with Gasteiger partial charge in [-0.25, -0.2) is 19.0 Å². The predicted molar refractivity (Wildman–Crippen MR) is 104 cm³/mol. The molecule has 0 saturated heterocycles. The number of thiophene rings is 1. The molecule has 1 aromatic carbocycles. The third-order valence-electron chi connectivity index (χ3n) is 3.75. The van der Waals surface area contributed by atoms with Gasteiger partial charge >= 0.3 is 5.91 Å². The number of benzene rings is 1. The Morgan fingerprint density at radius 1 is 1.17 bits per heavy atom. The molecule has 146 valence electrons. The molecule has 0 aliphatic heterocycles. The monoisotopic (exact) mass is 411 g/mol. The van der Waals surface area contributed by atoms with E-state index in [4.69, 9.17) is 4.74 Å². The third-order valence-corrected chi connectivity index (χ3v) is 4.62. The van der Waals surface area contributed by atoms with Gasteiger partial charge in [-0.2, -0.15) is 4.98 Å². The lowest BCUT2D eigenvalue weighted by molar-refractivity contribution is 0.0952. The van der Waals surface area contributed by atoms with Gasteiger partial charge in [-0.05, 0) is 35.7 Å². The van der Waals surface area contributed by atoms with Gasteiger partial charge in [0, 0.05) is 12.3 Å². The molecule has 29 heavy (non-hydrogen) atoms. The fourth-order valence-electron chi connectivity index (χ4n) is 2.42. The maximum atomic E-state index is 13.3. The Morgan fingerprint density at radius 2 is 2.00 bits per heavy atom. The first kappa shape index (κ1) is 18.5. The number of carbonyl (C=O) groups is 1. The molecule has 9 nitrogen and oxygen atoms in total. The van der Waals surface area contributed by atoms with E-state index in [0.29, 0.717) is 17.4 Å². The normalized spacial score (nSPS) is 10.6. The Morgan fingerprint density at radius 3 is 2.72 bits per heavy atom. The number of ether oxygens (including phenoxy) is 1. The number of carbonyl (C=O) groups excluding carboxylic acids is 1. The molecule has 0 fully saturated rings. The lowest BCUT2D eigenvalue weighted by atomic mass is 10.3. The van der Waals surface area contributed by atoms with Gasteiger partial charge < -0.3 is 4.74 Å². The molecule has 11 heteroatoms. The fraction of sp³-hybridized carbons (Fsp3) is 0.0556. The molecule has 0 saturated carbocycles. The van der Waals surface area contributed by atoms with Crippen molar-refractivity contribution in [2.75, 3.05) is 12.5 Å². The zero-order valence-electron chi connectivity index (χ0n) is 15.0. The van der Waals surface area contributed by atoms with Crippen molar-refractivity contribution in [2.45, 2.75) is 0 Å². The Balaban J connectivity index is 1.61. The van der Waals surface area contributed by atoms with Gasteiger partial charge in [0.1, 0.15) is 5.82 Å². The summed E-state index contributed by atoms with van der Waals surface area (Å²) in [7, 11) is 1.48. The average molecular weight is 411 g/mol. The summed E-state index contributed by atoms with van der Waals surface area (Å²) in [5.41, 5.74) is 5.61. The van der Waals surface area contributed by atoms with Crippen molar-refractivity contribution in [3.63, 3.8) is 0 Å². The Kier molecular flexibility index (Phi) is 5.12. The van der Waals surface area contributed by atoms with Crippen molar-refractivity contribution in [1.82, 2.24) is 30.2 Å². The van der Waals surface area contributed by atoms with E-state index < -0.39 is 5.91 Å². The number of halogens is 1. The summed E-state index contributed by atoms with van der Waals surface area (Å²) in [6.07, 6.45) is 1.48. The highest BCUT2D eigenvalue weighted by Gasteiger charge is 2.19. The summed E-state index contributed by atoms with van der Waals surface area (Å²) in [6.45, 7) is 0. The smallest absolute Gasteiger partial charge is 0.309 e. The van der Waals surface area contributed by atoms with Crippen molar-refractivity contribution < 1.29 is 13.9 Å². The van der Waals surface area contributed by atoms with E-state index in [-0.39, 0.29) is 17.6 Å². The van der Waals surface area contributed by atoms with E-state index in [0.717, 1.165) is 4.88 Å². The van der Waals surface area contributed by atoms with Crippen molar-refractivity contribution in [3.8, 4) is 22.3 Å². The number of methoxy groups -OCH3 is 1. The van der Waals surface area contributed by atoms with Crippen LogP contribution in [-0.4, -0.2) is 37.7 Å². The molecule has 0 atom stereocenters. The van der Waals surface area contributed by atoms with Crippen LogP contribution in [-0.2, 0) is 0 Å². The molecule has 0 unspecified atom stereocenters. The first-order valence-electron chi connectivity index (χ1n) is 8.34. The zero-order valence-corrected chi connectivity index (χ0v) is 15.9. The van der Waals surface area contributed by atoms with Crippen LogP contribution in [0.2, 0.25) is 0 Å². The van der Waals surface area contributed by atoms with Gasteiger partial charge in [0.15, 0.2) is 5.82 Å². The van der Waals surface area contributed by atoms with Crippen molar-refractivity contribution in [3.05, 3.63) is 65.7 Å². The van der Waals surface area contributed by atoms with E-state index in [9.17, 15) is 9.18 Å². The Hall–Kier alpha value is -3.86. The first-order valence-corrected chi connectivity index (χ1v) is 9.22. The van der Waals surface area contributed by atoms with E-state index in [2.05, 4.69) is 30.9 Å². The molecule has 0 aliphatic carbocycles. The standard InChI is InChI=1S/C18H14FN7O2S/c1-28-14-8-9-20-18(21-14)24-23-17(27)15-22-16(13-3-2-10-29-13)26(25-15)12-6-4-11(19)5-7-12/h2-10H,1H3,(H,23,27)(H,20,21,24). The second-order valence-corrected chi connectivity index (χ2v) is 6.57. The lowest BCUT2D eigenvalue weighted by Gasteiger charge is -2.05. The van der Waals surface area contributed by atoms with Crippen LogP contribution in [0.1, 0.15) is 10.6 Å². The molecule has 1 amide bonds. The highest BCUT2D eigenvalue weighted by Crippen LogP contribution is 2.25. The molecular weight excluding hydrogens is 397 g/mol. The minimum Gasteiger partial charge on any atom is -0.481 e. The fourth-order valence-corrected chi connectivity index (χ4v) is 3.12. The van der Waals surface area contributed by atoms with Gasteiger partial charge in [0.05, 0.1) is 17.7 Å². The molecule has 2 N–H and O–H groups in total. The second-order valence-electron chi connectivity index (χ2n) is 5.63. The third kappa shape index (κ3) is 4.04. The Labute approximate surface area is 168 Å². The first-order chi connectivity index (χ1) is 14.1. The maximum Gasteiger partial charge on any atom is 0.309 e. The molecule has 0 radical (unpaired) electrons. The predicted octanol–water partition coefficient (Wildman–Crippen LogP) is 2.69. The molecule has 0 bridgehead atoms. The number of hydrogen-bond acceptors (Lipinski definition) is 8. The van der Waals surface area contributed by atoms with Gasteiger partial charge in [0.2, 0.25) is 17.7 Å². The van der Waals surface area contributed by atoms with Gasteiger partial charge in [-0.3, -0.25) is 15.6 Å². The maximum absolute atomic E-state index is 13.3. The highest BCUT2D eigenvalue weighted by atomic mass is 32.1. The average Bonchev–Trinajstić information content (AvgIpc) is 3.42. The number of rotatable bonds is 6. The molecule has 4 rings (SSSR count). The van der Waals surface area contributed by atoms with E-state index in [1.807, 2.05) is 17.5 Å². The number of hydrogen-bond donors (Lipinski definition) is 2. The minimum atomic E-state index is -0.588. The quantitative estimate of drug-likeness (QED) is 0.470.